The lowest BCUT2D eigenvalue weighted by Crippen LogP contribution is -2.34. The van der Waals surface area contributed by atoms with Gasteiger partial charge in [-0.05, 0) is 18.6 Å². The third-order valence-electron chi connectivity index (χ3n) is 2.69. The van der Waals surface area contributed by atoms with Crippen molar-refractivity contribution in [3.8, 4) is 0 Å². The van der Waals surface area contributed by atoms with Crippen LogP contribution in [-0.2, 0) is 0 Å². The highest BCUT2D eigenvalue weighted by Crippen LogP contribution is 2.17. The first kappa shape index (κ1) is 15.8. The number of rotatable bonds is 6. The number of hydrogen-bond acceptors (Lipinski definition) is 1. The Kier molecular flexibility index (Phi) is 6.15. The number of carbonyl (C=O) groups excluding carboxylic acids is 1. The van der Waals surface area contributed by atoms with Crippen molar-refractivity contribution in [2.45, 2.75) is 19.8 Å². The van der Waals surface area contributed by atoms with Crippen molar-refractivity contribution >= 4 is 17.5 Å². The van der Waals surface area contributed by atoms with Gasteiger partial charge in [0.2, 0.25) is 0 Å². The molecule has 0 atom stereocenters. The van der Waals surface area contributed by atoms with Crippen LogP contribution < -0.4 is 0 Å². The molecule has 0 saturated carbocycles. The minimum absolute atomic E-state index is 0.195. The van der Waals surface area contributed by atoms with Crippen molar-refractivity contribution in [3.05, 3.63) is 35.1 Å². The standard InChI is InChI=1S/C13H15ClF3NO/c1-2-3-7-18(8-6-14)13(19)9-4-5-10(15)12(17)11(9)16/h4-5H,2-3,6-8H2,1H3. The molecule has 0 radical (unpaired) electrons. The molecule has 0 aliphatic rings. The molecule has 6 heteroatoms. The molecule has 106 valence electrons. The summed E-state index contributed by atoms with van der Waals surface area (Å²) in [5, 5.41) is 0. The average Bonchev–Trinajstić information content (AvgIpc) is 2.40. The maximum absolute atomic E-state index is 13.5. The third-order valence-corrected chi connectivity index (χ3v) is 2.86. The van der Waals surface area contributed by atoms with E-state index in [4.69, 9.17) is 11.6 Å². The largest absolute Gasteiger partial charge is 0.337 e. The lowest BCUT2D eigenvalue weighted by molar-refractivity contribution is 0.0757. The predicted octanol–water partition coefficient (Wildman–Crippen LogP) is 3.59. The Labute approximate surface area is 115 Å². The molecule has 0 unspecified atom stereocenters. The number of alkyl halides is 1. The van der Waals surface area contributed by atoms with E-state index in [0.29, 0.717) is 6.54 Å². The molecular formula is C13H15ClF3NO. The summed E-state index contributed by atoms with van der Waals surface area (Å²) in [5.41, 5.74) is -0.472. The lowest BCUT2D eigenvalue weighted by Gasteiger charge is -2.21. The SMILES string of the molecule is CCCCN(CCCl)C(=O)c1ccc(F)c(F)c1F. The van der Waals surface area contributed by atoms with Gasteiger partial charge in [0.05, 0.1) is 5.56 Å². The van der Waals surface area contributed by atoms with Crippen LogP contribution in [0.1, 0.15) is 30.1 Å². The van der Waals surface area contributed by atoms with Crippen molar-refractivity contribution in [1.82, 2.24) is 4.90 Å². The van der Waals surface area contributed by atoms with Gasteiger partial charge in [-0.3, -0.25) is 4.79 Å². The average molecular weight is 294 g/mol. The molecule has 1 amide bonds. The molecule has 0 spiro atoms. The van der Waals surface area contributed by atoms with Gasteiger partial charge < -0.3 is 4.90 Å². The van der Waals surface area contributed by atoms with Gasteiger partial charge in [-0.25, -0.2) is 13.2 Å². The van der Waals surface area contributed by atoms with E-state index in [1.807, 2.05) is 6.92 Å². The maximum Gasteiger partial charge on any atom is 0.256 e. The number of hydrogen-bond donors (Lipinski definition) is 0. The van der Waals surface area contributed by atoms with Crippen LogP contribution in [0.5, 0.6) is 0 Å². The van der Waals surface area contributed by atoms with Gasteiger partial charge in [0.15, 0.2) is 17.5 Å². The summed E-state index contributed by atoms with van der Waals surface area (Å²) in [4.78, 5) is 13.4. The van der Waals surface area contributed by atoms with Crippen LogP contribution in [0.3, 0.4) is 0 Å². The number of unbranched alkanes of at least 4 members (excludes halogenated alkanes) is 1. The van der Waals surface area contributed by atoms with Crippen LogP contribution in [0.2, 0.25) is 0 Å². The van der Waals surface area contributed by atoms with Crippen LogP contribution in [-0.4, -0.2) is 29.8 Å². The highest BCUT2D eigenvalue weighted by molar-refractivity contribution is 6.18. The van der Waals surface area contributed by atoms with Gasteiger partial charge in [-0.1, -0.05) is 13.3 Å². The zero-order valence-electron chi connectivity index (χ0n) is 10.6. The Hall–Kier alpha value is -1.23. The quantitative estimate of drug-likeness (QED) is 0.580. The van der Waals surface area contributed by atoms with E-state index in [2.05, 4.69) is 0 Å². The number of benzene rings is 1. The van der Waals surface area contributed by atoms with Gasteiger partial charge in [0, 0.05) is 19.0 Å². The fourth-order valence-corrected chi connectivity index (χ4v) is 1.83. The van der Waals surface area contributed by atoms with E-state index in [9.17, 15) is 18.0 Å². The molecule has 0 aliphatic carbocycles. The van der Waals surface area contributed by atoms with Crippen molar-refractivity contribution in [1.29, 1.82) is 0 Å². The van der Waals surface area contributed by atoms with Gasteiger partial charge in [0.25, 0.3) is 5.91 Å². The maximum atomic E-state index is 13.5. The smallest absolute Gasteiger partial charge is 0.256 e. The van der Waals surface area contributed by atoms with Crippen molar-refractivity contribution in [3.63, 3.8) is 0 Å². The Morgan fingerprint density at radius 2 is 1.89 bits per heavy atom. The first-order valence-electron chi connectivity index (χ1n) is 6.01. The number of nitrogens with zero attached hydrogens (tertiary/aromatic N) is 1. The molecule has 0 fully saturated rings. The summed E-state index contributed by atoms with van der Waals surface area (Å²) < 4.78 is 39.5. The molecule has 0 N–H and O–H groups in total. The van der Waals surface area contributed by atoms with Gasteiger partial charge >= 0.3 is 0 Å². The van der Waals surface area contributed by atoms with Crippen LogP contribution in [0, 0.1) is 17.5 Å². The summed E-state index contributed by atoms with van der Waals surface area (Å²) >= 11 is 5.58. The Bertz CT molecular complexity index is 454. The summed E-state index contributed by atoms with van der Waals surface area (Å²) in [6.45, 7) is 2.58. The molecule has 0 bridgehead atoms. The Morgan fingerprint density at radius 3 is 2.47 bits per heavy atom. The summed E-state index contributed by atoms with van der Waals surface area (Å²) in [6, 6.07) is 1.69. The minimum atomic E-state index is -1.63. The minimum Gasteiger partial charge on any atom is -0.337 e. The van der Waals surface area contributed by atoms with E-state index < -0.39 is 28.9 Å². The summed E-state index contributed by atoms with van der Waals surface area (Å²) in [6.07, 6.45) is 1.58. The second kappa shape index (κ2) is 7.38. The van der Waals surface area contributed by atoms with E-state index in [0.717, 1.165) is 25.0 Å². The van der Waals surface area contributed by atoms with E-state index >= 15 is 0 Å². The number of amides is 1. The number of halogens is 4. The zero-order chi connectivity index (χ0) is 14.4. The van der Waals surface area contributed by atoms with E-state index in [1.54, 1.807) is 0 Å². The summed E-state index contributed by atoms with van der Waals surface area (Å²) in [5.74, 6) is -4.88. The normalized spacial score (nSPS) is 10.6. The predicted molar refractivity (Wildman–Crippen MR) is 67.8 cm³/mol. The Morgan fingerprint density at radius 1 is 1.21 bits per heavy atom. The molecule has 1 aromatic carbocycles. The number of carbonyl (C=O) groups is 1. The fraction of sp³-hybridized carbons (Fsp3) is 0.462. The van der Waals surface area contributed by atoms with Gasteiger partial charge in [0.1, 0.15) is 0 Å². The Balaban J connectivity index is 2.99. The van der Waals surface area contributed by atoms with Crippen molar-refractivity contribution in [2.75, 3.05) is 19.0 Å². The highest BCUT2D eigenvalue weighted by Gasteiger charge is 2.22. The molecule has 0 aromatic heterocycles. The van der Waals surface area contributed by atoms with Crippen molar-refractivity contribution < 1.29 is 18.0 Å². The lowest BCUT2D eigenvalue weighted by atomic mass is 10.1. The molecule has 1 rings (SSSR count). The van der Waals surface area contributed by atoms with Crippen molar-refractivity contribution in [2.24, 2.45) is 0 Å². The van der Waals surface area contributed by atoms with Crippen LogP contribution in [0.4, 0.5) is 13.2 Å². The van der Waals surface area contributed by atoms with Crippen LogP contribution >= 0.6 is 11.6 Å². The first-order valence-corrected chi connectivity index (χ1v) is 6.55. The molecule has 2 nitrogen and oxygen atoms in total. The summed E-state index contributed by atoms with van der Waals surface area (Å²) in [7, 11) is 0. The molecule has 1 aromatic rings. The van der Waals surface area contributed by atoms with Crippen LogP contribution in [0.25, 0.3) is 0 Å². The molecule has 0 heterocycles. The van der Waals surface area contributed by atoms with Gasteiger partial charge in [-0.2, -0.15) is 0 Å². The fourth-order valence-electron chi connectivity index (χ4n) is 1.63. The monoisotopic (exact) mass is 293 g/mol. The van der Waals surface area contributed by atoms with Crippen LogP contribution in [0.15, 0.2) is 12.1 Å². The second-order valence-electron chi connectivity index (χ2n) is 4.06. The molecular weight excluding hydrogens is 279 g/mol. The second-order valence-corrected chi connectivity index (χ2v) is 4.44. The molecule has 19 heavy (non-hydrogen) atoms. The van der Waals surface area contributed by atoms with E-state index in [1.165, 1.54) is 4.90 Å². The molecule has 0 saturated heterocycles. The molecule has 0 aliphatic heterocycles. The van der Waals surface area contributed by atoms with Gasteiger partial charge in [-0.15, -0.1) is 11.6 Å². The van der Waals surface area contributed by atoms with E-state index in [-0.39, 0.29) is 12.4 Å². The first-order chi connectivity index (χ1) is 9.02. The topological polar surface area (TPSA) is 20.3 Å². The highest BCUT2D eigenvalue weighted by atomic mass is 35.5. The zero-order valence-corrected chi connectivity index (χ0v) is 11.3. The third kappa shape index (κ3) is 3.86.